The van der Waals surface area contributed by atoms with Crippen molar-refractivity contribution in [3.8, 4) is 0 Å². The van der Waals surface area contributed by atoms with Gasteiger partial charge in [0.1, 0.15) is 6.29 Å². The van der Waals surface area contributed by atoms with Crippen LogP contribution >= 0.6 is 0 Å². The molecule has 0 bridgehead atoms. The second kappa shape index (κ2) is 4.06. The fourth-order valence-electron chi connectivity index (χ4n) is 1.20. The minimum atomic E-state index is -0.0860. The number of carbonyl (C=O) groups excluding carboxylic acids is 1. The lowest BCUT2D eigenvalue weighted by molar-refractivity contribution is -0.109. The molecule has 1 nitrogen and oxygen atoms in total. The van der Waals surface area contributed by atoms with Crippen LogP contribution in [-0.2, 0) is 4.79 Å². The Kier molecular flexibility index (Phi) is 3.05. The van der Waals surface area contributed by atoms with E-state index in [0.717, 1.165) is 11.9 Å². The van der Waals surface area contributed by atoms with Crippen LogP contribution in [0.2, 0.25) is 0 Å². The van der Waals surface area contributed by atoms with Crippen LogP contribution in [0, 0.1) is 5.41 Å². The quantitative estimate of drug-likeness (QED) is 0.475. The molecule has 0 aromatic carbocycles. The molecule has 0 fully saturated rings. The minimum Gasteiger partial charge on any atom is -0.303 e. The van der Waals surface area contributed by atoms with E-state index < -0.39 is 0 Å². The summed E-state index contributed by atoms with van der Waals surface area (Å²) in [6.45, 7) is 4.12. The Hall–Kier alpha value is -1.33. The molecule has 0 aliphatic heterocycles. The van der Waals surface area contributed by atoms with Gasteiger partial charge in [-0.15, -0.1) is 5.73 Å². The van der Waals surface area contributed by atoms with Crippen LogP contribution in [0.3, 0.4) is 0 Å². The molecule has 1 rings (SSSR count). The van der Waals surface area contributed by atoms with Crippen molar-refractivity contribution >= 4 is 6.29 Å². The van der Waals surface area contributed by atoms with Crippen LogP contribution in [-0.4, -0.2) is 6.29 Å². The normalized spacial score (nSPS) is 15.4. The largest absolute Gasteiger partial charge is 0.303 e. The lowest BCUT2D eigenvalue weighted by Crippen LogP contribution is -2.13. The molecule has 1 aliphatic rings. The van der Waals surface area contributed by atoms with Gasteiger partial charge in [-0.05, 0) is 23.1 Å². The summed E-state index contributed by atoms with van der Waals surface area (Å²) >= 11 is 0. The number of allylic oxidation sites excluding steroid dienone is 5. The number of hydrogen-bond acceptors (Lipinski definition) is 1. The summed E-state index contributed by atoms with van der Waals surface area (Å²) < 4.78 is 0. The first-order valence-corrected chi connectivity index (χ1v) is 4.40. The lowest BCUT2D eigenvalue weighted by atomic mass is 9.81. The van der Waals surface area contributed by atoms with Crippen molar-refractivity contribution < 1.29 is 4.79 Å². The zero-order valence-electron chi connectivity index (χ0n) is 8.08. The minimum absolute atomic E-state index is 0.0860. The van der Waals surface area contributed by atoms with Gasteiger partial charge < -0.3 is 4.79 Å². The van der Waals surface area contributed by atoms with Gasteiger partial charge in [0, 0.05) is 6.42 Å². The second-order valence-corrected chi connectivity index (χ2v) is 3.74. The first-order valence-electron chi connectivity index (χ1n) is 4.40. The van der Waals surface area contributed by atoms with Gasteiger partial charge in [-0.3, -0.25) is 0 Å². The Bertz CT molecular complexity index is 310. The molecule has 0 aromatic heterocycles. The van der Waals surface area contributed by atoms with Crippen LogP contribution < -0.4 is 0 Å². The van der Waals surface area contributed by atoms with Gasteiger partial charge >= 0.3 is 0 Å². The molecule has 0 saturated carbocycles. The van der Waals surface area contributed by atoms with Crippen LogP contribution in [0.1, 0.15) is 20.3 Å². The summed E-state index contributed by atoms with van der Waals surface area (Å²) in [7, 11) is 0. The molecular formula is C12H14O. The predicted octanol–water partition coefficient (Wildman–Crippen LogP) is 2.81. The highest BCUT2D eigenvalue weighted by Crippen LogP contribution is 2.30. The Morgan fingerprint density at radius 3 is 2.92 bits per heavy atom. The van der Waals surface area contributed by atoms with E-state index in [0.29, 0.717) is 6.42 Å². The van der Waals surface area contributed by atoms with Crippen LogP contribution in [0.4, 0.5) is 0 Å². The zero-order valence-corrected chi connectivity index (χ0v) is 8.08. The van der Waals surface area contributed by atoms with Gasteiger partial charge in [0.05, 0.1) is 0 Å². The molecule has 68 valence electrons. The average molecular weight is 174 g/mol. The van der Waals surface area contributed by atoms with Crippen molar-refractivity contribution in [2.75, 3.05) is 0 Å². The third-order valence-electron chi connectivity index (χ3n) is 2.19. The molecule has 0 amide bonds. The summed E-state index contributed by atoms with van der Waals surface area (Å²) in [6.07, 6.45) is 11.2. The van der Waals surface area contributed by atoms with E-state index in [4.69, 9.17) is 0 Å². The molecule has 0 radical (unpaired) electrons. The number of aldehydes is 1. The molecule has 0 saturated heterocycles. The maximum absolute atomic E-state index is 10.5. The number of carbonyl (C=O) groups is 1. The van der Waals surface area contributed by atoms with E-state index in [1.165, 1.54) is 0 Å². The Labute approximate surface area is 79.2 Å². The maximum Gasteiger partial charge on any atom is 0.120 e. The fraction of sp³-hybridized carbons (Fsp3) is 0.333. The number of rotatable bonds is 3. The molecule has 0 aromatic rings. The van der Waals surface area contributed by atoms with Gasteiger partial charge in [-0.25, -0.2) is 0 Å². The van der Waals surface area contributed by atoms with Gasteiger partial charge in [0.25, 0.3) is 0 Å². The summed E-state index contributed by atoms with van der Waals surface area (Å²) in [4.78, 5) is 10.5. The van der Waals surface area contributed by atoms with E-state index in [1.54, 1.807) is 0 Å². The van der Waals surface area contributed by atoms with Crippen molar-refractivity contribution in [2.45, 2.75) is 20.3 Å². The molecule has 0 spiro atoms. The van der Waals surface area contributed by atoms with Gasteiger partial charge in [-0.1, -0.05) is 32.1 Å². The molecule has 1 aliphatic carbocycles. The smallest absolute Gasteiger partial charge is 0.120 e. The highest BCUT2D eigenvalue weighted by molar-refractivity contribution is 5.53. The third kappa shape index (κ3) is 2.57. The molecule has 1 heteroatoms. The van der Waals surface area contributed by atoms with Crippen molar-refractivity contribution in [2.24, 2.45) is 5.41 Å². The molecular weight excluding hydrogens is 160 g/mol. The van der Waals surface area contributed by atoms with Gasteiger partial charge in [0.15, 0.2) is 0 Å². The Morgan fingerprint density at radius 1 is 1.46 bits per heavy atom. The summed E-state index contributed by atoms with van der Waals surface area (Å²) in [6, 6.07) is 0. The van der Waals surface area contributed by atoms with Crippen molar-refractivity contribution in [3.63, 3.8) is 0 Å². The molecule has 0 N–H and O–H groups in total. The molecule has 0 atom stereocenters. The third-order valence-corrected chi connectivity index (χ3v) is 2.19. The maximum atomic E-state index is 10.5. The van der Waals surface area contributed by atoms with Gasteiger partial charge in [0.2, 0.25) is 0 Å². The Balaban J connectivity index is 2.93. The van der Waals surface area contributed by atoms with Crippen LogP contribution in [0.15, 0.2) is 41.7 Å². The van der Waals surface area contributed by atoms with Crippen LogP contribution in [0.25, 0.3) is 0 Å². The monoisotopic (exact) mass is 174 g/mol. The average Bonchev–Trinajstić information content (AvgIpc) is 2.31. The van der Waals surface area contributed by atoms with Crippen molar-refractivity contribution in [1.82, 2.24) is 0 Å². The van der Waals surface area contributed by atoms with E-state index in [2.05, 4.69) is 19.6 Å². The predicted molar refractivity (Wildman–Crippen MR) is 54.3 cm³/mol. The first kappa shape index (κ1) is 9.76. The van der Waals surface area contributed by atoms with E-state index in [9.17, 15) is 4.79 Å². The highest BCUT2D eigenvalue weighted by Gasteiger charge is 2.20. The first-order chi connectivity index (χ1) is 6.17. The van der Waals surface area contributed by atoms with Crippen molar-refractivity contribution in [3.05, 3.63) is 41.7 Å². The van der Waals surface area contributed by atoms with E-state index in [-0.39, 0.29) is 5.41 Å². The second-order valence-electron chi connectivity index (χ2n) is 3.74. The van der Waals surface area contributed by atoms with E-state index >= 15 is 0 Å². The van der Waals surface area contributed by atoms with E-state index in [1.807, 2.05) is 30.4 Å². The molecule has 0 unspecified atom stereocenters. The van der Waals surface area contributed by atoms with Gasteiger partial charge in [-0.2, -0.15) is 0 Å². The standard InChI is InChI=1S/C12H14O/c1-12(2,9-10-13)11-7-5-3-4-6-8-11/h3-5,7-8,10H,9H2,1-2H3. The SMILES string of the molecule is CC(C)(CC=O)C1=CC=CC=C=C1. The fourth-order valence-corrected chi connectivity index (χ4v) is 1.20. The Morgan fingerprint density at radius 2 is 2.23 bits per heavy atom. The topological polar surface area (TPSA) is 17.1 Å². The zero-order chi connectivity index (χ0) is 9.73. The van der Waals surface area contributed by atoms with Crippen LogP contribution in [0.5, 0.6) is 0 Å². The summed E-state index contributed by atoms with van der Waals surface area (Å²) in [5.41, 5.74) is 4.10. The van der Waals surface area contributed by atoms with Crippen molar-refractivity contribution in [1.29, 1.82) is 0 Å². The number of hydrogen-bond donors (Lipinski definition) is 0. The highest BCUT2D eigenvalue weighted by atomic mass is 16.1. The summed E-state index contributed by atoms with van der Waals surface area (Å²) in [5.74, 6) is 0. The lowest BCUT2D eigenvalue weighted by Gasteiger charge is -2.22. The summed E-state index contributed by atoms with van der Waals surface area (Å²) in [5, 5.41) is 0. The molecule has 0 heterocycles. The molecule has 13 heavy (non-hydrogen) atoms.